The number of nitrogens with zero attached hydrogens (tertiary/aromatic N) is 3. The second-order valence-electron chi connectivity index (χ2n) is 6.85. The number of fused-ring (bicyclic) bond motifs is 1. The number of imidazole rings is 1. The molecule has 0 aliphatic carbocycles. The van der Waals surface area contributed by atoms with Gasteiger partial charge in [0.05, 0.1) is 30.7 Å². The van der Waals surface area contributed by atoms with E-state index in [4.69, 9.17) is 32.9 Å². The maximum Gasteiger partial charge on any atom is 0.137 e. The maximum atomic E-state index is 6.51. The third-order valence-corrected chi connectivity index (χ3v) is 5.00. The molecule has 0 saturated heterocycles. The van der Waals surface area contributed by atoms with Gasteiger partial charge in [0, 0.05) is 23.0 Å². The summed E-state index contributed by atoms with van der Waals surface area (Å²) in [4.78, 5) is 4.77. The molecule has 0 unspecified atom stereocenters. The van der Waals surface area contributed by atoms with Crippen molar-refractivity contribution in [3.05, 3.63) is 95.4 Å². The molecule has 0 saturated carbocycles. The van der Waals surface area contributed by atoms with Crippen LogP contribution in [-0.4, -0.2) is 21.5 Å². The van der Waals surface area contributed by atoms with Gasteiger partial charge in [-0.15, -0.1) is 0 Å². The van der Waals surface area contributed by atoms with Gasteiger partial charge in [-0.25, -0.2) is 10.8 Å². The van der Waals surface area contributed by atoms with Crippen molar-refractivity contribution in [3.63, 3.8) is 0 Å². The molecule has 0 bridgehead atoms. The highest BCUT2D eigenvalue weighted by Gasteiger charge is 2.16. The summed E-state index contributed by atoms with van der Waals surface area (Å²) >= 11 is 6.05. The minimum absolute atomic E-state index is 0.498. The molecule has 30 heavy (non-hydrogen) atoms. The number of halogens is 1. The van der Waals surface area contributed by atoms with Gasteiger partial charge in [-0.1, -0.05) is 41.9 Å². The maximum absolute atomic E-state index is 6.51. The van der Waals surface area contributed by atoms with E-state index in [-0.39, 0.29) is 0 Å². The molecular formula is C23H22ClN5O. The number of nitrogens with two attached hydrogens (primary N) is 2. The first-order valence-corrected chi connectivity index (χ1v) is 9.78. The normalized spacial score (nSPS) is 11.6. The third kappa shape index (κ3) is 4.10. The molecule has 4 aromatic rings. The lowest BCUT2D eigenvalue weighted by Crippen LogP contribution is -2.26. The Balaban J connectivity index is 1.69. The van der Waals surface area contributed by atoms with Crippen molar-refractivity contribution in [2.45, 2.75) is 6.54 Å². The van der Waals surface area contributed by atoms with Crippen molar-refractivity contribution < 1.29 is 4.74 Å². The lowest BCUT2D eigenvalue weighted by atomic mass is 10.1. The van der Waals surface area contributed by atoms with Crippen LogP contribution in [-0.2, 0) is 6.54 Å². The Morgan fingerprint density at radius 1 is 1.10 bits per heavy atom. The van der Waals surface area contributed by atoms with Crippen LogP contribution >= 0.6 is 11.6 Å². The van der Waals surface area contributed by atoms with E-state index >= 15 is 0 Å². The Morgan fingerprint density at radius 3 is 2.53 bits per heavy atom. The van der Waals surface area contributed by atoms with Crippen LogP contribution in [0.5, 0.6) is 5.75 Å². The molecule has 2 heterocycles. The average molecular weight is 420 g/mol. The highest BCUT2D eigenvalue weighted by Crippen LogP contribution is 2.29. The largest absolute Gasteiger partial charge is 0.497 e. The number of hydrogen-bond donors (Lipinski definition) is 2. The van der Waals surface area contributed by atoms with E-state index in [9.17, 15) is 0 Å². The fourth-order valence-corrected chi connectivity index (χ4v) is 3.43. The molecule has 0 fully saturated rings. The van der Waals surface area contributed by atoms with Gasteiger partial charge in [0.2, 0.25) is 0 Å². The summed E-state index contributed by atoms with van der Waals surface area (Å²) in [5, 5.41) is 2.23. The molecule has 152 valence electrons. The zero-order valence-corrected chi connectivity index (χ0v) is 17.3. The zero-order valence-electron chi connectivity index (χ0n) is 16.5. The van der Waals surface area contributed by atoms with E-state index in [1.54, 1.807) is 18.3 Å². The number of benzene rings is 2. The van der Waals surface area contributed by atoms with Crippen LogP contribution in [0, 0.1) is 0 Å². The molecule has 4 N–H and O–H groups in total. The van der Waals surface area contributed by atoms with Gasteiger partial charge in [0.1, 0.15) is 11.4 Å². The molecular weight excluding hydrogens is 398 g/mol. The van der Waals surface area contributed by atoms with Crippen LogP contribution in [0.25, 0.3) is 22.6 Å². The predicted octanol–water partition coefficient (Wildman–Crippen LogP) is 4.30. The molecule has 0 amide bonds. The van der Waals surface area contributed by atoms with E-state index in [2.05, 4.69) is 0 Å². The molecule has 0 spiro atoms. The number of pyridine rings is 1. The topological polar surface area (TPSA) is 81.8 Å². The van der Waals surface area contributed by atoms with Crippen LogP contribution in [0.1, 0.15) is 11.3 Å². The van der Waals surface area contributed by atoms with Gasteiger partial charge in [0.15, 0.2) is 0 Å². The van der Waals surface area contributed by atoms with Crippen LogP contribution in [0.2, 0.25) is 5.02 Å². The SMILES string of the molecule is COc1ccc(CN(N)/C=C(\N)c2c(-c3ccc(Cl)cc3)nc3ccccn23)cc1. The fraction of sp³-hybridized carbons (Fsp3) is 0.0870. The lowest BCUT2D eigenvalue weighted by molar-refractivity contribution is 0.386. The molecule has 2 aromatic heterocycles. The Labute approximate surface area is 179 Å². The van der Waals surface area contributed by atoms with E-state index in [0.29, 0.717) is 17.3 Å². The van der Waals surface area contributed by atoms with Crippen molar-refractivity contribution in [2.24, 2.45) is 11.6 Å². The van der Waals surface area contributed by atoms with Gasteiger partial charge >= 0.3 is 0 Å². The van der Waals surface area contributed by atoms with Crippen LogP contribution in [0.15, 0.2) is 79.1 Å². The smallest absolute Gasteiger partial charge is 0.137 e. The number of rotatable bonds is 6. The van der Waals surface area contributed by atoms with Gasteiger partial charge < -0.3 is 15.5 Å². The second-order valence-corrected chi connectivity index (χ2v) is 7.29. The highest BCUT2D eigenvalue weighted by molar-refractivity contribution is 6.30. The molecule has 6 nitrogen and oxygen atoms in total. The minimum Gasteiger partial charge on any atom is -0.497 e. The summed E-state index contributed by atoms with van der Waals surface area (Å²) < 4.78 is 7.15. The van der Waals surface area contributed by atoms with Crippen LogP contribution in [0.3, 0.4) is 0 Å². The first-order chi connectivity index (χ1) is 14.5. The Morgan fingerprint density at radius 2 is 1.83 bits per heavy atom. The predicted molar refractivity (Wildman–Crippen MR) is 121 cm³/mol. The lowest BCUT2D eigenvalue weighted by Gasteiger charge is -2.16. The number of aromatic nitrogens is 2. The average Bonchev–Trinajstić information content (AvgIpc) is 3.14. The molecule has 0 atom stereocenters. The molecule has 0 aliphatic rings. The summed E-state index contributed by atoms with van der Waals surface area (Å²) in [6.45, 7) is 0.498. The van der Waals surface area contributed by atoms with E-state index in [1.165, 1.54) is 0 Å². The zero-order chi connectivity index (χ0) is 21.1. The van der Waals surface area contributed by atoms with E-state index in [1.807, 2.05) is 77.3 Å². The summed E-state index contributed by atoms with van der Waals surface area (Å²) in [7, 11) is 1.64. The third-order valence-electron chi connectivity index (χ3n) is 4.75. The van der Waals surface area contributed by atoms with Crippen molar-refractivity contribution in [3.8, 4) is 17.0 Å². The standard InChI is InChI=1S/C23H22ClN5O/c1-30-19-11-5-16(6-12-19)14-28(26)15-20(25)23-22(17-7-9-18(24)10-8-17)27-21-4-2-3-13-29(21)23/h2-13,15H,14,25-26H2,1H3/b20-15-. The fourth-order valence-electron chi connectivity index (χ4n) is 3.31. The van der Waals surface area contributed by atoms with Crippen LogP contribution < -0.4 is 16.3 Å². The van der Waals surface area contributed by atoms with Crippen molar-refractivity contribution in [2.75, 3.05) is 7.11 Å². The van der Waals surface area contributed by atoms with Gasteiger partial charge in [-0.2, -0.15) is 0 Å². The van der Waals surface area contributed by atoms with Crippen molar-refractivity contribution >= 4 is 22.9 Å². The Hall–Kier alpha value is -3.48. The Bertz CT molecular complexity index is 1180. The Kier molecular flexibility index (Phi) is 5.61. The molecule has 7 heteroatoms. The van der Waals surface area contributed by atoms with Gasteiger partial charge in [-0.05, 0) is 42.0 Å². The molecule has 0 aliphatic heterocycles. The summed E-state index contributed by atoms with van der Waals surface area (Å²) in [6, 6.07) is 21.1. The van der Waals surface area contributed by atoms with E-state index in [0.717, 1.165) is 33.9 Å². The van der Waals surface area contributed by atoms with Crippen molar-refractivity contribution in [1.29, 1.82) is 0 Å². The highest BCUT2D eigenvalue weighted by atomic mass is 35.5. The molecule has 4 rings (SSSR count). The second kappa shape index (κ2) is 8.49. The van der Waals surface area contributed by atoms with Gasteiger partial charge in [-0.3, -0.25) is 4.40 Å². The number of hydrogen-bond acceptors (Lipinski definition) is 5. The molecule has 0 radical (unpaired) electrons. The number of methoxy groups -OCH3 is 1. The van der Waals surface area contributed by atoms with E-state index < -0.39 is 0 Å². The first-order valence-electron chi connectivity index (χ1n) is 9.40. The van der Waals surface area contributed by atoms with Crippen molar-refractivity contribution in [1.82, 2.24) is 14.4 Å². The van der Waals surface area contributed by atoms with Crippen LogP contribution in [0.4, 0.5) is 0 Å². The summed E-state index contributed by atoms with van der Waals surface area (Å²) in [6.07, 6.45) is 3.65. The monoisotopic (exact) mass is 419 g/mol. The summed E-state index contributed by atoms with van der Waals surface area (Å²) in [5.74, 6) is 7.04. The minimum atomic E-state index is 0.498. The molecule has 2 aromatic carbocycles. The summed E-state index contributed by atoms with van der Waals surface area (Å²) in [5.41, 5.74) is 11.3. The quantitative estimate of drug-likeness (QED) is 0.359. The number of ether oxygens (including phenoxy) is 1. The van der Waals surface area contributed by atoms with Gasteiger partial charge in [0.25, 0.3) is 0 Å². The number of hydrazine groups is 1. The first kappa shape index (κ1) is 19.8.